The highest BCUT2D eigenvalue weighted by Gasteiger charge is 2.14. The number of benzene rings is 2. The zero-order valence-electron chi connectivity index (χ0n) is 15.0. The lowest BCUT2D eigenvalue weighted by atomic mass is 10.0. The van der Waals surface area contributed by atoms with E-state index in [9.17, 15) is 8.42 Å². The third-order valence-corrected chi connectivity index (χ3v) is 5.69. The van der Waals surface area contributed by atoms with Gasteiger partial charge in [-0.15, -0.1) is 0 Å². The number of nitrogens with one attached hydrogen (secondary N) is 1. The number of hydrogen-bond donors (Lipinski definition) is 1. The molecule has 0 saturated carbocycles. The van der Waals surface area contributed by atoms with Gasteiger partial charge in [0.25, 0.3) is 0 Å². The second kappa shape index (κ2) is 7.85. The molecule has 136 valence electrons. The van der Waals surface area contributed by atoms with Crippen molar-refractivity contribution in [3.63, 3.8) is 0 Å². The first-order chi connectivity index (χ1) is 12.4. The molecule has 0 amide bonds. The summed E-state index contributed by atoms with van der Waals surface area (Å²) in [6.07, 6.45) is 5.43. The largest absolute Gasteiger partial charge is 0.333 e. The fourth-order valence-electron chi connectivity index (χ4n) is 2.65. The maximum absolute atomic E-state index is 12.4. The molecule has 0 aliphatic heterocycles. The van der Waals surface area contributed by atoms with Crippen LogP contribution >= 0.6 is 0 Å². The van der Waals surface area contributed by atoms with E-state index in [4.69, 9.17) is 0 Å². The van der Waals surface area contributed by atoms with Crippen LogP contribution < -0.4 is 4.72 Å². The summed E-state index contributed by atoms with van der Waals surface area (Å²) in [7, 11) is -3.51. The van der Waals surface area contributed by atoms with E-state index in [-0.39, 0.29) is 6.54 Å². The van der Waals surface area contributed by atoms with Crippen LogP contribution in [0.4, 0.5) is 0 Å². The van der Waals surface area contributed by atoms with Crippen LogP contribution in [0.1, 0.15) is 36.5 Å². The molecule has 1 N–H and O–H groups in total. The Labute approximate surface area is 154 Å². The maximum atomic E-state index is 12.4. The second-order valence-corrected chi connectivity index (χ2v) is 8.37. The number of rotatable bonds is 7. The molecule has 2 aromatic carbocycles. The zero-order chi connectivity index (χ0) is 18.6. The first kappa shape index (κ1) is 18.4. The van der Waals surface area contributed by atoms with Crippen molar-refractivity contribution in [3.05, 3.63) is 83.9 Å². The van der Waals surface area contributed by atoms with Gasteiger partial charge < -0.3 is 4.57 Å². The number of imidazole rings is 1. The predicted octanol–water partition coefficient (Wildman–Crippen LogP) is 3.53. The topological polar surface area (TPSA) is 64.0 Å². The number of sulfonamides is 1. The highest BCUT2D eigenvalue weighted by molar-refractivity contribution is 7.89. The molecule has 6 heteroatoms. The third-order valence-electron chi connectivity index (χ3n) is 4.27. The van der Waals surface area contributed by atoms with Gasteiger partial charge in [0.2, 0.25) is 10.0 Å². The molecule has 5 nitrogen and oxygen atoms in total. The molecule has 0 fully saturated rings. The molecule has 3 rings (SSSR count). The molecule has 0 spiro atoms. The van der Waals surface area contributed by atoms with Crippen LogP contribution in [0, 0.1) is 0 Å². The van der Waals surface area contributed by atoms with Gasteiger partial charge in [-0.05, 0) is 34.7 Å². The quantitative estimate of drug-likeness (QED) is 0.693. The normalized spacial score (nSPS) is 11.8. The van der Waals surface area contributed by atoms with Crippen LogP contribution in [-0.2, 0) is 23.1 Å². The van der Waals surface area contributed by atoms with Crippen molar-refractivity contribution in [2.24, 2.45) is 0 Å². The molecule has 0 aliphatic rings. The second-order valence-electron chi connectivity index (χ2n) is 6.60. The summed E-state index contributed by atoms with van der Waals surface area (Å²) in [4.78, 5) is 4.31. The monoisotopic (exact) mass is 369 g/mol. The summed E-state index contributed by atoms with van der Waals surface area (Å²) in [5.41, 5.74) is 3.18. The van der Waals surface area contributed by atoms with Crippen molar-refractivity contribution in [3.8, 4) is 0 Å². The Bertz CT molecular complexity index is 930. The average molecular weight is 369 g/mol. The molecular weight excluding hydrogens is 346 g/mol. The lowest BCUT2D eigenvalue weighted by Crippen LogP contribution is -2.23. The van der Waals surface area contributed by atoms with E-state index < -0.39 is 10.0 Å². The van der Waals surface area contributed by atoms with Crippen LogP contribution in [0.5, 0.6) is 0 Å². The van der Waals surface area contributed by atoms with E-state index in [0.29, 0.717) is 10.8 Å². The molecule has 0 aliphatic carbocycles. The van der Waals surface area contributed by atoms with Crippen LogP contribution in [0.3, 0.4) is 0 Å². The fraction of sp³-hybridized carbons (Fsp3) is 0.250. The molecule has 0 radical (unpaired) electrons. The molecule has 26 heavy (non-hydrogen) atoms. The summed E-state index contributed by atoms with van der Waals surface area (Å²) >= 11 is 0. The maximum Gasteiger partial charge on any atom is 0.240 e. The zero-order valence-corrected chi connectivity index (χ0v) is 15.8. The van der Waals surface area contributed by atoms with Gasteiger partial charge in [-0.3, -0.25) is 0 Å². The van der Waals surface area contributed by atoms with Gasteiger partial charge in [-0.2, -0.15) is 0 Å². The third kappa shape index (κ3) is 4.59. The van der Waals surface area contributed by atoms with E-state index in [1.165, 1.54) is 0 Å². The average Bonchev–Trinajstić information content (AvgIpc) is 3.14. The first-order valence-electron chi connectivity index (χ1n) is 8.57. The Morgan fingerprint density at radius 2 is 1.65 bits per heavy atom. The highest BCUT2D eigenvalue weighted by atomic mass is 32.2. The smallest absolute Gasteiger partial charge is 0.240 e. The lowest BCUT2D eigenvalue weighted by Gasteiger charge is -2.10. The van der Waals surface area contributed by atoms with E-state index in [2.05, 4.69) is 23.6 Å². The van der Waals surface area contributed by atoms with Gasteiger partial charge in [0.15, 0.2) is 0 Å². The Hall–Kier alpha value is -2.44. The Morgan fingerprint density at radius 3 is 2.23 bits per heavy atom. The minimum atomic E-state index is -3.51. The molecule has 3 aromatic rings. The summed E-state index contributed by atoms with van der Waals surface area (Å²) in [6.45, 7) is 5.17. The van der Waals surface area contributed by atoms with Gasteiger partial charge in [0.1, 0.15) is 0 Å². The lowest BCUT2D eigenvalue weighted by molar-refractivity contribution is 0.581. The molecule has 1 heterocycles. The Balaban J connectivity index is 1.62. The number of nitrogens with zero attached hydrogens (tertiary/aromatic N) is 2. The minimum Gasteiger partial charge on any atom is -0.333 e. The van der Waals surface area contributed by atoms with Crippen LogP contribution in [-0.4, -0.2) is 18.0 Å². The van der Waals surface area contributed by atoms with Crippen LogP contribution in [0.25, 0.3) is 0 Å². The van der Waals surface area contributed by atoms with E-state index in [1.54, 1.807) is 24.7 Å². The summed E-state index contributed by atoms with van der Waals surface area (Å²) < 4.78 is 29.5. The molecule has 0 atom stereocenters. The number of aromatic nitrogens is 2. The van der Waals surface area contributed by atoms with Crippen molar-refractivity contribution in [1.82, 2.24) is 14.3 Å². The van der Waals surface area contributed by atoms with Crippen LogP contribution in [0.2, 0.25) is 0 Å². The van der Waals surface area contributed by atoms with E-state index in [1.807, 2.05) is 47.2 Å². The SMILES string of the molecule is CC(C)c1ccc(S(=O)(=O)NCc2ccc(Cn3ccnc3)cc2)cc1. The van der Waals surface area contributed by atoms with Gasteiger partial charge >= 0.3 is 0 Å². The molecular formula is C20H23N3O2S. The molecule has 0 unspecified atom stereocenters. The summed E-state index contributed by atoms with van der Waals surface area (Å²) in [5, 5.41) is 0. The molecule has 1 aromatic heterocycles. The Morgan fingerprint density at radius 1 is 1.00 bits per heavy atom. The van der Waals surface area contributed by atoms with Gasteiger partial charge in [-0.25, -0.2) is 18.1 Å². The van der Waals surface area contributed by atoms with Crippen LogP contribution in [0.15, 0.2) is 72.1 Å². The van der Waals surface area contributed by atoms with E-state index >= 15 is 0 Å². The van der Waals surface area contributed by atoms with Gasteiger partial charge in [0, 0.05) is 25.5 Å². The van der Waals surface area contributed by atoms with Crippen molar-refractivity contribution in [2.45, 2.75) is 37.8 Å². The predicted molar refractivity (Wildman–Crippen MR) is 102 cm³/mol. The molecule has 0 bridgehead atoms. The van der Waals surface area contributed by atoms with Crippen molar-refractivity contribution >= 4 is 10.0 Å². The highest BCUT2D eigenvalue weighted by Crippen LogP contribution is 2.17. The Kier molecular flexibility index (Phi) is 5.54. The minimum absolute atomic E-state index is 0.264. The van der Waals surface area contributed by atoms with Gasteiger partial charge in [-0.1, -0.05) is 50.2 Å². The van der Waals surface area contributed by atoms with Gasteiger partial charge in [0.05, 0.1) is 11.2 Å². The van der Waals surface area contributed by atoms with Crippen molar-refractivity contribution in [2.75, 3.05) is 0 Å². The van der Waals surface area contributed by atoms with E-state index in [0.717, 1.165) is 23.2 Å². The molecule has 0 saturated heterocycles. The summed E-state index contributed by atoms with van der Waals surface area (Å²) in [5.74, 6) is 0.376. The van der Waals surface area contributed by atoms with Crippen molar-refractivity contribution < 1.29 is 8.42 Å². The van der Waals surface area contributed by atoms with Crippen molar-refractivity contribution in [1.29, 1.82) is 0 Å². The summed E-state index contributed by atoms with van der Waals surface area (Å²) in [6, 6.07) is 14.9. The standard InChI is InChI=1S/C20H23N3O2S/c1-16(2)19-7-9-20(10-8-19)26(24,25)22-13-17-3-5-18(6-4-17)14-23-12-11-21-15-23/h3-12,15-16,22H,13-14H2,1-2H3. The number of hydrogen-bond acceptors (Lipinski definition) is 3. The first-order valence-corrected chi connectivity index (χ1v) is 10.1. The fourth-order valence-corrected chi connectivity index (χ4v) is 3.66.